The van der Waals surface area contributed by atoms with Crippen molar-refractivity contribution < 1.29 is 22.8 Å². The molecule has 0 aliphatic carbocycles. The number of ether oxygens (including phenoxy) is 1. The summed E-state index contributed by atoms with van der Waals surface area (Å²) in [6.07, 6.45) is 28.7. The summed E-state index contributed by atoms with van der Waals surface area (Å²) in [4.78, 5) is 12.2. The number of carbonyl (C=O) groups is 1. The SMILES string of the molecule is CC/C=C\C[C@@H](/C=C/C=C\C\C=C/C=C/C=C/[C@@H](O[Si](C)(C)C(C)(C)C)[C@H](CCC(=O)OC)O[Si](C)(C)C(C)(C)C)O[Si](C)(C)C(C)(C)C. The Morgan fingerprint density at radius 1 is 0.612 bits per heavy atom. The molecular formula is C41H76O5Si3. The van der Waals surface area contributed by atoms with E-state index in [-0.39, 0.29) is 39.4 Å². The lowest BCUT2D eigenvalue weighted by Gasteiger charge is -2.44. The first-order valence-corrected chi connectivity index (χ1v) is 27.1. The van der Waals surface area contributed by atoms with E-state index in [1.807, 2.05) is 12.2 Å². The fourth-order valence-electron chi connectivity index (χ4n) is 3.96. The molecule has 8 heteroatoms. The van der Waals surface area contributed by atoms with Crippen LogP contribution in [0, 0.1) is 0 Å². The maximum Gasteiger partial charge on any atom is 0.305 e. The van der Waals surface area contributed by atoms with E-state index in [4.69, 9.17) is 18.0 Å². The molecule has 0 aromatic rings. The van der Waals surface area contributed by atoms with E-state index in [1.165, 1.54) is 7.11 Å². The van der Waals surface area contributed by atoms with E-state index in [0.29, 0.717) is 12.8 Å². The molecule has 0 fully saturated rings. The van der Waals surface area contributed by atoms with Gasteiger partial charge in [-0.25, -0.2) is 0 Å². The highest BCUT2D eigenvalue weighted by Gasteiger charge is 2.44. The van der Waals surface area contributed by atoms with Crippen LogP contribution in [-0.4, -0.2) is 56.3 Å². The van der Waals surface area contributed by atoms with E-state index in [2.05, 4.69) is 169 Å². The average molecular weight is 733 g/mol. The quantitative estimate of drug-likeness (QED) is 0.0540. The highest BCUT2D eigenvalue weighted by molar-refractivity contribution is 6.75. The third-order valence-corrected chi connectivity index (χ3v) is 23.8. The molecule has 0 aromatic carbocycles. The topological polar surface area (TPSA) is 54.0 Å². The molecule has 0 saturated carbocycles. The van der Waals surface area contributed by atoms with Crippen molar-refractivity contribution in [1.29, 1.82) is 0 Å². The minimum atomic E-state index is -2.15. The van der Waals surface area contributed by atoms with Crippen LogP contribution in [0.1, 0.15) is 101 Å². The van der Waals surface area contributed by atoms with Crippen molar-refractivity contribution in [2.24, 2.45) is 0 Å². The summed E-state index contributed by atoms with van der Waals surface area (Å²) in [5.74, 6) is -0.225. The summed E-state index contributed by atoms with van der Waals surface area (Å²) in [5, 5.41) is 0.248. The van der Waals surface area contributed by atoms with Gasteiger partial charge in [-0.05, 0) is 80.1 Å². The zero-order valence-electron chi connectivity index (χ0n) is 34.7. The van der Waals surface area contributed by atoms with Crippen LogP contribution in [0.4, 0.5) is 0 Å². The maximum atomic E-state index is 12.2. The molecule has 0 bridgehead atoms. The van der Waals surface area contributed by atoms with E-state index >= 15 is 0 Å². The molecule has 5 nitrogen and oxygen atoms in total. The highest BCUT2D eigenvalue weighted by Crippen LogP contribution is 2.41. The molecule has 0 heterocycles. The smallest absolute Gasteiger partial charge is 0.305 e. The Morgan fingerprint density at radius 2 is 1.08 bits per heavy atom. The molecule has 0 rings (SSSR count). The molecule has 0 aliphatic heterocycles. The van der Waals surface area contributed by atoms with Gasteiger partial charge in [0.2, 0.25) is 0 Å². The number of rotatable bonds is 20. The van der Waals surface area contributed by atoms with Gasteiger partial charge in [0.05, 0.1) is 25.4 Å². The molecule has 3 atom stereocenters. The van der Waals surface area contributed by atoms with Crippen molar-refractivity contribution in [1.82, 2.24) is 0 Å². The fraction of sp³-hybridized carbons (Fsp3) is 0.683. The number of hydrogen-bond acceptors (Lipinski definition) is 5. The largest absolute Gasteiger partial charge is 0.469 e. The van der Waals surface area contributed by atoms with Crippen LogP contribution in [0.15, 0.2) is 72.9 Å². The van der Waals surface area contributed by atoms with Gasteiger partial charge in [-0.3, -0.25) is 4.79 Å². The summed E-state index contributed by atoms with van der Waals surface area (Å²) in [6, 6.07) is 0. The molecule has 0 unspecified atom stereocenters. The molecule has 49 heavy (non-hydrogen) atoms. The monoisotopic (exact) mass is 733 g/mol. The molecular weight excluding hydrogens is 657 g/mol. The minimum Gasteiger partial charge on any atom is -0.469 e. The standard InChI is InChI=1S/C41H76O5Si3/c1-18-19-27-30-35(44-47(12,13)39(2,3)4)31-28-25-23-21-20-22-24-26-29-32-36(45-48(14,15)40(5,6)7)37(33-34-38(42)43-11)46-49(16,17)41(8,9)10/h19-20,22-29,31-32,35-37H,18,21,30,33-34H2,1-17H3/b22-20-,25-23-,26-24+,27-19-,31-28+,32-29+/t35-,36+,37-/m0/s1. The second-order valence-electron chi connectivity index (χ2n) is 17.7. The molecule has 0 amide bonds. The van der Waals surface area contributed by atoms with Crippen LogP contribution in [0.25, 0.3) is 0 Å². The Morgan fingerprint density at radius 3 is 1.59 bits per heavy atom. The van der Waals surface area contributed by atoms with E-state index in [1.54, 1.807) is 0 Å². The molecule has 282 valence electrons. The molecule has 0 N–H and O–H groups in total. The summed E-state index contributed by atoms with van der Waals surface area (Å²) in [5.41, 5.74) is 0. The molecule has 0 aromatic heterocycles. The average Bonchev–Trinajstić information content (AvgIpc) is 2.95. The number of esters is 1. The Labute approximate surface area is 306 Å². The van der Waals surface area contributed by atoms with Gasteiger partial charge < -0.3 is 18.0 Å². The Hall–Kier alpha value is -1.56. The number of methoxy groups -OCH3 is 1. The summed E-state index contributed by atoms with van der Waals surface area (Å²) < 4.78 is 25.6. The van der Waals surface area contributed by atoms with Crippen molar-refractivity contribution in [3.05, 3.63) is 72.9 Å². The van der Waals surface area contributed by atoms with Crippen LogP contribution in [0.2, 0.25) is 54.4 Å². The predicted molar refractivity (Wildman–Crippen MR) is 222 cm³/mol. The maximum absolute atomic E-state index is 12.2. The van der Waals surface area contributed by atoms with Gasteiger partial charge in [-0.15, -0.1) is 0 Å². The molecule has 0 spiro atoms. The predicted octanol–water partition coefficient (Wildman–Crippen LogP) is 12.6. The summed E-state index contributed by atoms with van der Waals surface area (Å²) >= 11 is 0. The first-order valence-electron chi connectivity index (χ1n) is 18.4. The lowest BCUT2D eigenvalue weighted by atomic mass is 10.1. The van der Waals surface area contributed by atoms with Gasteiger partial charge >= 0.3 is 5.97 Å². The van der Waals surface area contributed by atoms with Gasteiger partial charge in [-0.2, -0.15) is 0 Å². The van der Waals surface area contributed by atoms with Gasteiger partial charge in [0.15, 0.2) is 25.0 Å². The van der Waals surface area contributed by atoms with Crippen molar-refractivity contribution in [3.63, 3.8) is 0 Å². The summed E-state index contributed by atoms with van der Waals surface area (Å²) in [6.45, 7) is 36.2. The zero-order valence-corrected chi connectivity index (χ0v) is 37.7. The molecule has 0 aliphatic rings. The molecule has 0 radical (unpaired) electrons. The van der Waals surface area contributed by atoms with Crippen molar-refractivity contribution in [2.45, 2.75) is 174 Å². The van der Waals surface area contributed by atoms with Crippen LogP contribution in [-0.2, 0) is 22.8 Å². The van der Waals surface area contributed by atoms with Gasteiger partial charge in [0.1, 0.15) is 0 Å². The Bertz CT molecular complexity index is 1140. The van der Waals surface area contributed by atoms with Crippen LogP contribution in [0.5, 0.6) is 0 Å². The van der Waals surface area contributed by atoms with Crippen LogP contribution < -0.4 is 0 Å². The first-order chi connectivity index (χ1) is 22.3. The van der Waals surface area contributed by atoms with Gasteiger partial charge in [-0.1, -0.05) is 142 Å². The lowest BCUT2D eigenvalue weighted by molar-refractivity contribution is -0.141. The van der Waals surface area contributed by atoms with Crippen LogP contribution in [0.3, 0.4) is 0 Å². The zero-order chi connectivity index (χ0) is 38.2. The first kappa shape index (κ1) is 47.4. The highest BCUT2D eigenvalue weighted by atomic mass is 28.4. The number of allylic oxidation sites excluding steroid dienone is 9. The van der Waals surface area contributed by atoms with E-state index in [9.17, 15) is 4.79 Å². The van der Waals surface area contributed by atoms with Crippen molar-refractivity contribution >= 4 is 30.9 Å². The van der Waals surface area contributed by atoms with Crippen molar-refractivity contribution in [3.8, 4) is 0 Å². The van der Waals surface area contributed by atoms with Crippen LogP contribution >= 0.6 is 0 Å². The third kappa shape index (κ3) is 18.5. The molecule has 0 saturated heterocycles. The van der Waals surface area contributed by atoms with E-state index in [0.717, 1.165) is 19.3 Å². The Kier molecular flexibility index (Phi) is 20.4. The second kappa shape index (κ2) is 21.1. The van der Waals surface area contributed by atoms with Crippen molar-refractivity contribution in [2.75, 3.05) is 7.11 Å². The lowest BCUT2D eigenvalue weighted by Crippen LogP contribution is -2.51. The number of hydrogen-bond donors (Lipinski definition) is 0. The third-order valence-electron chi connectivity index (χ3n) is 10.4. The minimum absolute atomic E-state index is 0.0306. The normalized spacial score (nSPS) is 16.7. The second-order valence-corrected chi connectivity index (χ2v) is 31.9. The van der Waals surface area contributed by atoms with Gasteiger partial charge in [0, 0.05) is 6.42 Å². The van der Waals surface area contributed by atoms with Gasteiger partial charge in [0.25, 0.3) is 0 Å². The fourth-order valence-corrected chi connectivity index (χ4v) is 7.88. The summed E-state index contributed by atoms with van der Waals surface area (Å²) in [7, 11) is -4.70. The number of carbonyl (C=O) groups excluding carboxylic acids is 1. The van der Waals surface area contributed by atoms with E-state index < -0.39 is 25.0 Å². The Balaban J connectivity index is 5.78.